The summed E-state index contributed by atoms with van der Waals surface area (Å²) >= 11 is 0. The molecule has 15 heavy (non-hydrogen) atoms. The van der Waals surface area contributed by atoms with E-state index in [1.54, 1.807) is 0 Å². The molecule has 0 aromatic carbocycles. The van der Waals surface area contributed by atoms with Crippen LogP contribution in [0.15, 0.2) is 0 Å². The van der Waals surface area contributed by atoms with Gasteiger partial charge in [-0.25, -0.2) is 0 Å². The van der Waals surface area contributed by atoms with E-state index in [2.05, 4.69) is 17.1 Å². The van der Waals surface area contributed by atoms with Crippen molar-refractivity contribution in [2.24, 2.45) is 0 Å². The number of nitrogens with zero attached hydrogens (tertiary/aromatic N) is 1. The Kier molecular flexibility index (Phi) is 4.00. The summed E-state index contributed by atoms with van der Waals surface area (Å²) in [4.78, 5) is 2.60. The highest BCUT2D eigenvalue weighted by atomic mass is 16.3. The molecule has 0 radical (unpaired) electrons. The average molecular weight is 212 g/mol. The Morgan fingerprint density at radius 1 is 1.33 bits per heavy atom. The van der Waals surface area contributed by atoms with Gasteiger partial charge in [0.05, 0.1) is 6.10 Å². The summed E-state index contributed by atoms with van der Waals surface area (Å²) in [6.45, 7) is 5.50. The molecule has 0 aromatic rings. The zero-order valence-corrected chi connectivity index (χ0v) is 9.78. The van der Waals surface area contributed by atoms with Crippen molar-refractivity contribution in [3.63, 3.8) is 0 Å². The third-order valence-corrected chi connectivity index (χ3v) is 3.84. The first-order valence-electron chi connectivity index (χ1n) is 6.41. The Bertz CT molecular complexity index is 198. The number of rotatable bonds is 2. The van der Waals surface area contributed by atoms with Gasteiger partial charge in [-0.1, -0.05) is 12.8 Å². The van der Waals surface area contributed by atoms with Crippen LogP contribution in [0.2, 0.25) is 0 Å². The van der Waals surface area contributed by atoms with Crippen LogP contribution in [0.3, 0.4) is 0 Å². The minimum atomic E-state index is -0.114. The van der Waals surface area contributed by atoms with Gasteiger partial charge in [0.2, 0.25) is 0 Å². The molecular formula is C12H24N2O. The van der Waals surface area contributed by atoms with Crippen LogP contribution in [0.4, 0.5) is 0 Å². The lowest BCUT2D eigenvalue weighted by molar-refractivity contribution is 0.174. The predicted molar refractivity (Wildman–Crippen MR) is 61.9 cm³/mol. The molecule has 3 heteroatoms. The monoisotopic (exact) mass is 212 g/mol. The summed E-state index contributed by atoms with van der Waals surface area (Å²) in [7, 11) is 0. The van der Waals surface area contributed by atoms with Crippen molar-refractivity contribution in [1.29, 1.82) is 0 Å². The van der Waals surface area contributed by atoms with E-state index in [1.165, 1.54) is 32.2 Å². The molecule has 2 fully saturated rings. The highest BCUT2D eigenvalue weighted by Gasteiger charge is 2.26. The van der Waals surface area contributed by atoms with Crippen molar-refractivity contribution in [2.75, 3.05) is 19.6 Å². The van der Waals surface area contributed by atoms with Crippen molar-refractivity contribution < 1.29 is 5.11 Å². The van der Waals surface area contributed by atoms with Crippen LogP contribution in [0.5, 0.6) is 0 Å². The number of likely N-dealkylation sites (tertiary alicyclic amines) is 1. The maximum atomic E-state index is 9.47. The standard InChI is InChI=1S/C12H24N2O/c1-10-5-3-2-4-6-14(10)9-11-7-12(15)8-13-11/h10-13,15H,2-9H2,1H3. The Morgan fingerprint density at radius 2 is 2.20 bits per heavy atom. The van der Waals surface area contributed by atoms with Crippen LogP contribution in [0, 0.1) is 0 Å². The van der Waals surface area contributed by atoms with Crippen molar-refractivity contribution in [1.82, 2.24) is 10.2 Å². The molecule has 0 aromatic heterocycles. The quantitative estimate of drug-likeness (QED) is 0.716. The average Bonchev–Trinajstić information content (AvgIpc) is 2.50. The van der Waals surface area contributed by atoms with E-state index in [-0.39, 0.29) is 6.10 Å². The summed E-state index contributed by atoms with van der Waals surface area (Å²) < 4.78 is 0. The number of hydrogen-bond acceptors (Lipinski definition) is 3. The van der Waals surface area contributed by atoms with Gasteiger partial charge in [0.25, 0.3) is 0 Å². The van der Waals surface area contributed by atoms with Crippen LogP contribution in [0.1, 0.15) is 39.0 Å². The maximum Gasteiger partial charge on any atom is 0.0680 e. The minimum Gasteiger partial charge on any atom is -0.392 e. The molecule has 2 heterocycles. The third kappa shape index (κ3) is 3.16. The first-order valence-corrected chi connectivity index (χ1v) is 6.41. The summed E-state index contributed by atoms with van der Waals surface area (Å²) in [6.07, 6.45) is 6.29. The van der Waals surface area contributed by atoms with E-state index in [9.17, 15) is 5.11 Å². The fourth-order valence-electron chi connectivity index (χ4n) is 2.83. The number of nitrogens with one attached hydrogen (secondary N) is 1. The molecule has 2 saturated heterocycles. The minimum absolute atomic E-state index is 0.114. The summed E-state index contributed by atoms with van der Waals surface area (Å²) in [6, 6.07) is 1.24. The van der Waals surface area contributed by atoms with E-state index >= 15 is 0 Å². The van der Waals surface area contributed by atoms with Crippen molar-refractivity contribution >= 4 is 0 Å². The molecule has 0 aliphatic carbocycles. The molecule has 3 atom stereocenters. The first kappa shape index (κ1) is 11.4. The second-order valence-corrected chi connectivity index (χ2v) is 5.19. The number of β-amino-alcohol motifs (C(OH)–C–C–N with tert-alkyl or cyclic N) is 1. The molecule has 3 unspecified atom stereocenters. The fraction of sp³-hybridized carbons (Fsp3) is 1.00. The van der Waals surface area contributed by atoms with Crippen molar-refractivity contribution in [2.45, 2.75) is 57.2 Å². The molecule has 0 saturated carbocycles. The Hall–Kier alpha value is -0.120. The van der Waals surface area contributed by atoms with Crippen LogP contribution >= 0.6 is 0 Å². The molecule has 3 nitrogen and oxygen atoms in total. The zero-order chi connectivity index (χ0) is 10.7. The van der Waals surface area contributed by atoms with Gasteiger partial charge in [-0.05, 0) is 32.7 Å². The maximum absolute atomic E-state index is 9.47. The summed E-state index contributed by atoms with van der Waals surface area (Å²) in [5.41, 5.74) is 0. The highest BCUT2D eigenvalue weighted by molar-refractivity contribution is 4.85. The van der Waals surface area contributed by atoms with Crippen molar-refractivity contribution in [3.8, 4) is 0 Å². The Labute approximate surface area is 92.8 Å². The van der Waals surface area contributed by atoms with E-state index in [0.717, 1.165) is 25.6 Å². The topological polar surface area (TPSA) is 35.5 Å². The number of aliphatic hydroxyl groups excluding tert-OH is 1. The molecule has 2 aliphatic heterocycles. The number of aliphatic hydroxyl groups is 1. The summed E-state index contributed by atoms with van der Waals surface area (Å²) in [5, 5.41) is 12.9. The normalized spacial score (nSPS) is 39.2. The van der Waals surface area contributed by atoms with Gasteiger partial charge in [0, 0.05) is 25.2 Å². The molecule has 88 valence electrons. The van der Waals surface area contributed by atoms with Crippen LogP contribution in [0.25, 0.3) is 0 Å². The van der Waals surface area contributed by atoms with Gasteiger partial charge in [-0.2, -0.15) is 0 Å². The van der Waals surface area contributed by atoms with Crippen LogP contribution in [-0.4, -0.2) is 47.8 Å². The largest absolute Gasteiger partial charge is 0.392 e. The Morgan fingerprint density at radius 3 is 2.93 bits per heavy atom. The third-order valence-electron chi connectivity index (χ3n) is 3.84. The second kappa shape index (κ2) is 5.28. The van der Waals surface area contributed by atoms with Crippen LogP contribution < -0.4 is 5.32 Å². The predicted octanol–water partition coefficient (Wildman–Crippen LogP) is 0.974. The van der Waals surface area contributed by atoms with Gasteiger partial charge in [0.1, 0.15) is 0 Å². The fourth-order valence-corrected chi connectivity index (χ4v) is 2.83. The molecule has 0 amide bonds. The van der Waals surface area contributed by atoms with E-state index in [0.29, 0.717) is 6.04 Å². The molecule has 0 spiro atoms. The zero-order valence-electron chi connectivity index (χ0n) is 9.78. The van der Waals surface area contributed by atoms with E-state index < -0.39 is 0 Å². The smallest absolute Gasteiger partial charge is 0.0680 e. The van der Waals surface area contributed by atoms with E-state index in [1.807, 2.05) is 0 Å². The van der Waals surface area contributed by atoms with Crippen molar-refractivity contribution in [3.05, 3.63) is 0 Å². The second-order valence-electron chi connectivity index (χ2n) is 5.19. The number of hydrogen-bond donors (Lipinski definition) is 2. The Balaban J connectivity index is 1.81. The first-order chi connectivity index (χ1) is 7.25. The van der Waals surface area contributed by atoms with Gasteiger partial charge < -0.3 is 10.4 Å². The van der Waals surface area contributed by atoms with E-state index in [4.69, 9.17) is 0 Å². The van der Waals surface area contributed by atoms with Gasteiger partial charge in [-0.3, -0.25) is 4.90 Å². The summed E-state index contributed by atoms with van der Waals surface area (Å²) in [5.74, 6) is 0. The molecule has 0 bridgehead atoms. The van der Waals surface area contributed by atoms with Crippen LogP contribution in [-0.2, 0) is 0 Å². The SMILES string of the molecule is CC1CCCCCN1CC1CC(O)CN1. The molecule has 2 rings (SSSR count). The lowest BCUT2D eigenvalue weighted by Gasteiger charge is -2.29. The highest BCUT2D eigenvalue weighted by Crippen LogP contribution is 2.18. The molecule has 2 aliphatic rings. The lowest BCUT2D eigenvalue weighted by atomic mass is 10.1. The molecule has 2 N–H and O–H groups in total. The van der Waals surface area contributed by atoms with Gasteiger partial charge in [-0.15, -0.1) is 0 Å². The lowest BCUT2D eigenvalue weighted by Crippen LogP contribution is -2.42. The van der Waals surface area contributed by atoms with Gasteiger partial charge >= 0.3 is 0 Å². The molecular weight excluding hydrogens is 188 g/mol. The van der Waals surface area contributed by atoms with Gasteiger partial charge in [0.15, 0.2) is 0 Å².